The Bertz CT molecular complexity index is 962. The lowest BCUT2D eigenvalue weighted by molar-refractivity contribution is -0.118. The van der Waals surface area contributed by atoms with Crippen molar-refractivity contribution >= 4 is 24.0 Å². The van der Waals surface area contributed by atoms with Gasteiger partial charge >= 0.3 is 0 Å². The van der Waals surface area contributed by atoms with Crippen LogP contribution >= 0.6 is 12.4 Å². The molecule has 0 radical (unpaired) electrons. The number of hydrogen-bond donors (Lipinski definition) is 2. The minimum Gasteiger partial charge on any atom is -0.337 e. The Balaban J connectivity index is 0.00000240. The molecule has 3 heterocycles. The molecule has 1 aliphatic rings. The molecule has 1 amide bonds. The van der Waals surface area contributed by atoms with E-state index in [1.54, 1.807) is 6.20 Å². The average Bonchev–Trinajstić information content (AvgIpc) is 3.36. The summed E-state index contributed by atoms with van der Waals surface area (Å²) >= 11 is 0. The first-order chi connectivity index (χ1) is 13.6. The number of benzene rings is 1. The molecule has 10 nitrogen and oxygen atoms in total. The van der Waals surface area contributed by atoms with E-state index in [1.807, 2.05) is 22.7 Å². The first-order valence-corrected chi connectivity index (χ1v) is 8.86. The number of carbonyl (C=O) groups excluding carboxylic acids is 1. The number of carbonyl (C=O) groups is 1. The van der Waals surface area contributed by atoms with E-state index >= 15 is 0 Å². The molecule has 2 aromatic heterocycles. The molecule has 1 unspecified atom stereocenters. The number of nitrogens with one attached hydrogen (secondary N) is 2. The number of nitrogens with zero attached hydrogens (tertiary/aromatic N) is 7. The van der Waals surface area contributed by atoms with Gasteiger partial charge in [0.15, 0.2) is 0 Å². The van der Waals surface area contributed by atoms with Crippen LogP contribution in [0.3, 0.4) is 0 Å². The normalized spacial score (nSPS) is 17.0. The molecule has 1 atom stereocenters. The van der Waals surface area contributed by atoms with E-state index in [0.717, 1.165) is 12.4 Å². The molecular weight excluding hydrogens is 401 g/mol. The van der Waals surface area contributed by atoms with Crippen LogP contribution < -0.4 is 10.6 Å². The number of tetrazole rings is 1. The van der Waals surface area contributed by atoms with Gasteiger partial charge in [-0.25, -0.2) is 14.1 Å². The lowest BCUT2D eigenvalue weighted by Crippen LogP contribution is -2.49. The van der Waals surface area contributed by atoms with E-state index in [2.05, 4.69) is 31.1 Å². The van der Waals surface area contributed by atoms with E-state index in [-0.39, 0.29) is 36.6 Å². The van der Waals surface area contributed by atoms with E-state index in [9.17, 15) is 9.18 Å². The summed E-state index contributed by atoms with van der Waals surface area (Å²) < 4.78 is 17.5. The zero-order chi connectivity index (χ0) is 19.5. The van der Waals surface area contributed by atoms with Crippen LogP contribution in [0.1, 0.15) is 11.9 Å². The quantitative estimate of drug-likeness (QED) is 0.619. The summed E-state index contributed by atoms with van der Waals surface area (Å²) in [6.45, 7) is 2.30. The second-order valence-electron chi connectivity index (χ2n) is 6.55. The molecule has 0 aliphatic carbocycles. The number of anilines is 1. The second kappa shape index (κ2) is 9.07. The summed E-state index contributed by atoms with van der Waals surface area (Å²) in [6.07, 6.45) is 5.02. The molecule has 2 N–H and O–H groups in total. The third-order valence-corrected chi connectivity index (χ3v) is 4.70. The number of hydrogen-bond acceptors (Lipinski definition) is 7. The van der Waals surface area contributed by atoms with E-state index in [0.29, 0.717) is 18.8 Å². The summed E-state index contributed by atoms with van der Waals surface area (Å²) in [5.41, 5.74) is 0.636. The van der Waals surface area contributed by atoms with Gasteiger partial charge < -0.3 is 15.2 Å². The van der Waals surface area contributed by atoms with Crippen LogP contribution in [0, 0.1) is 5.82 Å². The summed E-state index contributed by atoms with van der Waals surface area (Å²) in [5, 5.41) is 16.9. The Kier molecular flexibility index (Phi) is 6.52. The molecule has 0 saturated carbocycles. The maximum Gasteiger partial charge on any atom is 0.238 e. The van der Waals surface area contributed by atoms with Gasteiger partial charge in [-0.3, -0.25) is 9.69 Å². The Hall–Kier alpha value is -2.89. The van der Waals surface area contributed by atoms with Crippen LogP contribution in [0.5, 0.6) is 0 Å². The largest absolute Gasteiger partial charge is 0.337 e. The molecule has 3 aromatic rings. The number of aromatic nitrogens is 6. The van der Waals surface area contributed by atoms with Crippen molar-refractivity contribution in [3.63, 3.8) is 0 Å². The van der Waals surface area contributed by atoms with Gasteiger partial charge in [-0.05, 0) is 28.6 Å². The molecule has 1 aliphatic heterocycles. The Morgan fingerprint density at radius 2 is 2.28 bits per heavy atom. The van der Waals surface area contributed by atoms with Gasteiger partial charge in [-0.1, -0.05) is 0 Å². The zero-order valence-electron chi connectivity index (χ0n) is 15.7. The lowest BCUT2D eigenvalue weighted by atomic mass is 10.1. The van der Waals surface area contributed by atoms with Crippen molar-refractivity contribution in [2.24, 2.45) is 7.05 Å². The Labute approximate surface area is 172 Å². The van der Waals surface area contributed by atoms with Crippen LogP contribution in [0.2, 0.25) is 0 Å². The molecule has 0 bridgehead atoms. The van der Waals surface area contributed by atoms with Crippen LogP contribution in [0.15, 0.2) is 36.9 Å². The van der Waals surface area contributed by atoms with E-state index in [1.165, 1.54) is 29.2 Å². The minimum absolute atomic E-state index is 0. The first kappa shape index (κ1) is 20.8. The molecule has 1 saturated heterocycles. The van der Waals surface area contributed by atoms with Gasteiger partial charge in [0, 0.05) is 39.1 Å². The predicted octanol–water partition coefficient (Wildman–Crippen LogP) is 0.542. The summed E-state index contributed by atoms with van der Waals surface area (Å²) in [6, 6.07) is 4.28. The Morgan fingerprint density at radius 3 is 3.00 bits per heavy atom. The second-order valence-corrected chi connectivity index (χ2v) is 6.55. The van der Waals surface area contributed by atoms with E-state index in [4.69, 9.17) is 0 Å². The first-order valence-electron chi connectivity index (χ1n) is 8.86. The fraction of sp³-hybridized carbons (Fsp3) is 0.353. The number of imidazole rings is 1. The fourth-order valence-corrected chi connectivity index (χ4v) is 3.29. The summed E-state index contributed by atoms with van der Waals surface area (Å²) in [4.78, 5) is 19.1. The van der Waals surface area contributed by atoms with Crippen molar-refractivity contribution in [1.82, 2.24) is 40.0 Å². The molecule has 1 fully saturated rings. The van der Waals surface area contributed by atoms with Crippen LogP contribution in [-0.4, -0.2) is 66.7 Å². The molecule has 12 heteroatoms. The number of amides is 1. The summed E-state index contributed by atoms with van der Waals surface area (Å²) in [7, 11) is 1.93. The van der Waals surface area contributed by atoms with Gasteiger partial charge in [0.05, 0.1) is 24.0 Å². The standard InChI is InChI=1S/C17H20FN9O.ClH/c1-25-6-5-20-17(25)15-9-19-4-7-26(15)10-16(28)22-14-8-12(2-3-13(14)18)27-11-21-23-24-27;/h2-3,5-6,8,11,15,19H,4,7,9-10H2,1H3,(H,22,28);1H. The SMILES string of the molecule is Cl.Cn1ccnc1C1CNCCN1CC(=O)Nc1cc(-n2cnnn2)ccc1F. The van der Waals surface area contributed by atoms with Crippen molar-refractivity contribution < 1.29 is 9.18 Å². The predicted molar refractivity (Wildman–Crippen MR) is 105 cm³/mol. The summed E-state index contributed by atoms with van der Waals surface area (Å²) in [5.74, 6) is 0.0619. The number of rotatable bonds is 5. The minimum atomic E-state index is -0.522. The highest BCUT2D eigenvalue weighted by atomic mass is 35.5. The Morgan fingerprint density at radius 1 is 1.41 bits per heavy atom. The molecular formula is C17H21ClFN9O. The molecule has 0 spiro atoms. The third kappa shape index (κ3) is 4.58. The van der Waals surface area contributed by atoms with Gasteiger partial charge in [0.25, 0.3) is 0 Å². The van der Waals surface area contributed by atoms with Crippen molar-refractivity contribution in [3.05, 3.63) is 48.6 Å². The molecule has 154 valence electrons. The number of piperazine rings is 1. The number of aryl methyl sites for hydroxylation is 1. The van der Waals surface area contributed by atoms with Gasteiger partial charge in [0.1, 0.15) is 18.0 Å². The smallest absolute Gasteiger partial charge is 0.238 e. The number of halogens is 2. The van der Waals surface area contributed by atoms with Crippen molar-refractivity contribution in [2.75, 3.05) is 31.5 Å². The van der Waals surface area contributed by atoms with Crippen molar-refractivity contribution in [1.29, 1.82) is 0 Å². The van der Waals surface area contributed by atoms with Crippen molar-refractivity contribution in [3.8, 4) is 5.69 Å². The van der Waals surface area contributed by atoms with Crippen molar-refractivity contribution in [2.45, 2.75) is 6.04 Å². The maximum absolute atomic E-state index is 14.2. The highest BCUT2D eigenvalue weighted by Gasteiger charge is 2.28. The maximum atomic E-state index is 14.2. The molecule has 29 heavy (non-hydrogen) atoms. The van der Waals surface area contributed by atoms with Crippen LogP contribution in [0.25, 0.3) is 5.69 Å². The highest BCUT2D eigenvalue weighted by Crippen LogP contribution is 2.21. The van der Waals surface area contributed by atoms with E-state index < -0.39 is 5.82 Å². The highest BCUT2D eigenvalue weighted by molar-refractivity contribution is 5.92. The third-order valence-electron chi connectivity index (χ3n) is 4.70. The zero-order valence-corrected chi connectivity index (χ0v) is 16.5. The van der Waals surface area contributed by atoms with Crippen LogP contribution in [-0.2, 0) is 11.8 Å². The fourth-order valence-electron chi connectivity index (χ4n) is 3.29. The van der Waals surface area contributed by atoms with Crippen LogP contribution in [0.4, 0.5) is 10.1 Å². The van der Waals surface area contributed by atoms with Gasteiger partial charge in [-0.2, -0.15) is 0 Å². The topological polar surface area (TPSA) is 106 Å². The molecule has 4 rings (SSSR count). The van der Waals surface area contributed by atoms with Gasteiger partial charge in [-0.15, -0.1) is 17.5 Å². The average molecular weight is 422 g/mol. The van der Waals surface area contributed by atoms with Gasteiger partial charge in [0.2, 0.25) is 5.91 Å². The monoisotopic (exact) mass is 421 g/mol. The molecule has 1 aromatic carbocycles. The lowest BCUT2D eigenvalue weighted by Gasteiger charge is -2.35.